The summed E-state index contributed by atoms with van der Waals surface area (Å²) in [4.78, 5) is 31.7. The van der Waals surface area contributed by atoms with Gasteiger partial charge in [0.1, 0.15) is 5.69 Å². The molecular weight excluding hydrogens is 378 g/mol. The highest BCUT2D eigenvalue weighted by atomic mass is 16.2. The number of pyridine rings is 1. The number of likely N-dealkylation sites (tertiary alicyclic amines) is 1. The molecule has 2 fully saturated rings. The molecule has 0 aromatic carbocycles. The van der Waals surface area contributed by atoms with Crippen molar-refractivity contribution in [1.29, 1.82) is 0 Å². The Labute approximate surface area is 177 Å². The number of carbonyl (C=O) groups is 2. The first-order chi connectivity index (χ1) is 14.7. The van der Waals surface area contributed by atoms with Crippen molar-refractivity contribution in [2.45, 2.75) is 63.8 Å². The number of hydrogen-bond donors (Lipinski definition) is 2. The molecule has 2 N–H and O–H groups in total. The largest absolute Gasteiger partial charge is 0.353 e. The fourth-order valence-corrected chi connectivity index (χ4v) is 4.57. The van der Waals surface area contributed by atoms with Gasteiger partial charge in [0.05, 0.1) is 11.6 Å². The van der Waals surface area contributed by atoms with Crippen LogP contribution < -0.4 is 5.32 Å². The first-order valence-electron chi connectivity index (χ1n) is 11.3. The van der Waals surface area contributed by atoms with E-state index >= 15 is 0 Å². The van der Waals surface area contributed by atoms with Crippen LogP contribution in [0.5, 0.6) is 0 Å². The average molecular weight is 410 g/mol. The number of nitrogens with zero attached hydrogens (tertiary/aromatic N) is 3. The van der Waals surface area contributed by atoms with Crippen LogP contribution >= 0.6 is 0 Å². The summed E-state index contributed by atoms with van der Waals surface area (Å²) in [6.07, 6.45) is 13.5. The Morgan fingerprint density at radius 2 is 1.73 bits per heavy atom. The average Bonchev–Trinajstić information content (AvgIpc) is 3.26. The van der Waals surface area contributed by atoms with Crippen molar-refractivity contribution in [3.63, 3.8) is 0 Å². The molecular formula is C23H31N5O2. The lowest BCUT2D eigenvalue weighted by Crippen LogP contribution is -2.47. The molecule has 1 saturated carbocycles. The molecule has 7 heteroatoms. The van der Waals surface area contributed by atoms with E-state index in [0.29, 0.717) is 24.8 Å². The third-order valence-electron chi connectivity index (χ3n) is 6.32. The van der Waals surface area contributed by atoms with Crippen molar-refractivity contribution in [2.24, 2.45) is 5.92 Å². The number of hydrogen-bond acceptors (Lipinski definition) is 4. The molecule has 30 heavy (non-hydrogen) atoms. The maximum Gasteiger partial charge on any atom is 0.271 e. The zero-order valence-electron chi connectivity index (χ0n) is 17.5. The Kier molecular flexibility index (Phi) is 6.77. The van der Waals surface area contributed by atoms with Crippen LogP contribution in [-0.2, 0) is 4.79 Å². The van der Waals surface area contributed by atoms with Gasteiger partial charge in [-0.3, -0.25) is 19.7 Å². The van der Waals surface area contributed by atoms with Crippen molar-refractivity contribution in [2.75, 3.05) is 13.1 Å². The molecule has 2 aromatic rings. The lowest BCUT2D eigenvalue weighted by atomic mass is 9.93. The molecule has 1 saturated heterocycles. The highest BCUT2D eigenvalue weighted by molar-refractivity contribution is 5.94. The second-order valence-electron chi connectivity index (χ2n) is 8.54. The third-order valence-corrected chi connectivity index (χ3v) is 6.32. The first-order valence-corrected chi connectivity index (χ1v) is 11.3. The number of nitrogens with one attached hydrogen (secondary N) is 2. The summed E-state index contributed by atoms with van der Waals surface area (Å²) in [5.74, 6) is -0.109. The summed E-state index contributed by atoms with van der Waals surface area (Å²) in [5.41, 5.74) is 2.09. The molecule has 0 bridgehead atoms. The van der Waals surface area contributed by atoms with Crippen LogP contribution in [0.3, 0.4) is 0 Å². The molecule has 1 aliphatic heterocycles. The Hall–Kier alpha value is -2.70. The number of aromatic nitrogens is 3. The number of rotatable bonds is 4. The van der Waals surface area contributed by atoms with E-state index in [9.17, 15) is 9.59 Å². The smallest absolute Gasteiger partial charge is 0.271 e. The predicted octanol–water partition coefficient (Wildman–Crippen LogP) is 3.55. The fourth-order valence-electron chi connectivity index (χ4n) is 4.57. The predicted molar refractivity (Wildman–Crippen MR) is 115 cm³/mol. The van der Waals surface area contributed by atoms with Gasteiger partial charge < -0.3 is 10.2 Å². The molecule has 2 amide bonds. The molecule has 2 aliphatic rings. The number of piperidine rings is 1. The van der Waals surface area contributed by atoms with Crippen molar-refractivity contribution < 1.29 is 9.59 Å². The maximum atomic E-state index is 13.0. The standard InChI is InChI=1S/C23H31N5O2/c29-22(25-19-8-4-2-1-3-5-9-19)18-7-6-14-28(16-18)23(30)21-15-20(26-27-21)17-10-12-24-13-11-17/h10-13,15,18-19H,1-9,14,16H2,(H,25,29)(H,26,27)/t18-/m0/s1. The summed E-state index contributed by atoms with van der Waals surface area (Å²) in [6.45, 7) is 1.15. The van der Waals surface area contributed by atoms with Gasteiger partial charge >= 0.3 is 0 Å². The Bertz CT molecular complexity index is 842. The van der Waals surface area contributed by atoms with Crippen LogP contribution in [0.1, 0.15) is 68.3 Å². The monoisotopic (exact) mass is 409 g/mol. The quantitative estimate of drug-likeness (QED) is 0.808. The minimum Gasteiger partial charge on any atom is -0.353 e. The molecule has 2 aromatic heterocycles. The van der Waals surface area contributed by atoms with Crippen molar-refractivity contribution in [3.8, 4) is 11.3 Å². The SMILES string of the molecule is O=C(NC1CCCCCCC1)[C@H]1CCCN(C(=O)c2cc(-c3ccncc3)n[nH]2)C1. The Balaban J connectivity index is 1.35. The number of aromatic amines is 1. The van der Waals surface area contributed by atoms with Crippen LogP contribution in [0.2, 0.25) is 0 Å². The summed E-state index contributed by atoms with van der Waals surface area (Å²) >= 11 is 0. The van der Waals surface area contributed by atoms with Crippen molar-refractivity contribution in [1.82, 2.24) is 25.4 Å². The van der Waals surface area contributed by atoms with Gasteiger partial charge in [-0.05, 0) is 43.9 Å². The van der Waals surface area contributed by atoms with E-state index in [0.717, 1.165) is 36.9 Å². The second kappa shape index (κ2) is 9.87. The van der Waals surface area contributed by atoms with E-state index in [1.165, 1.54) is 32.1 Å². The van der Waals surface area contributed by atoms with E-state index in [4.69, 9.17) is 0 Å². The first kappa shape index (κ1) is 20.6. The third kappa shape index (κ3) is 5.07. The Morgan fingerprint density at radius 3 is 2.50 bits per heavy atom. The summed E-state index contributed by atoms with van der Waals surface area (Å²) in [5, 5.41) is 10.4. The van der Waals surface area contributed by atoms with Gasteiger partial charge in [-0.15, -0.1) is 0 Å². The van der Waals surface area contributed by atoms with Crippen LogP contribution in [0.25, 0.3) is 11.3 Å². The van der Waals surface area contributed by atoms with Crippen LogP contribution in [-0.4, -0.2) is 51.0 Å². The van der Waals surface area contributed by atoms with E-state index in [-0.39, 0.29) is 17.7 Å². The van der Waals surface area contributed by atoms with E-state index in [2.05, 4.69) is 20.5 Å². The van der Waals surface area contributed by atoms with Gasteiger partial charge in [0, 0.05) is 37.1 Å². The number of carbonyl (C=O) groups excluding carboxylic acids is 2. The molecule has 0 unspecified atom stereocenters. The Morgan fingerprint density at radius 1 is 1.00 bits per heavy atom. The van der Waals surface area contributed by atoms with Gasteiger partial charge in [0.15, 0.2) is 0 Å². The highest BCUT2D eigenvalue weighted by Crippen LogP contribution is 2.22. The molecule has 1 aliphatic carbocycles. The van der Waals surface area contributed by atoms with E-state index < -0.39 is 0 Å². The minimum absolute atomic E-state index is 0.0914. The lowest BCUT2D eigenvalue weighted by Gasteiger charge is -2.33. The molecule has 0 radical (unpaired) electrons. The van der Waals surface area contributed by atoms with Gasteiger partial charge in [0.2, 0.25) is 5.91 Å². The molecule has 7 nitrogen and oxygen atoms in total. The second-order valence-corrected chi connectivity index (χ2v) is 8.54. The van der Waals surface area contributed by atoms with Crippen LogP contribution in [0, 0.1) is 5.92 Å². The maximum absolute atomic E-state index is 13.0. The van der Waals surface area contributed by atoms with E-state index in [1.54, 1.807) is 23.4 Å². The van der Waals surface area contributed by atoms with Gasteiger partial charge in [-0.25, -0.2) is 0 Å². The molecule has 3 heterocycles. The zero-order chi connectivity index (χ0) is 20.8. The molecule has 160 valence electrons. The van der Waals surface area contributed by atoms with E-state index in [1.807, 2.05) is 12.1 Å². The fraction of sp³-hybridized carbons (Fsp3) is 0.565. The van der Waals surface area contributed by atoms with Gasteiger partial charge in [-0.2, -0.15) is 5.10 Å². The topological polar surface area (TPSA) is 91.0 Å². The summed E-state index contributed by atoms with van der Waals surface area (Å²) in [6, 6.07) is 5.79. The highest BCUT2D eigenvalue weighted by Gasteiger charge is 2.30. The van der Waals surface area contributed by atoms with Crippen LogP contribution in [0.15, 0.2) is 30.6 Å². The van der Waals surface area contributed by atoms with Gasteiger partial charge in [0.25, 0.3) is 5.91 Å². The number of H-pyrrole nitrogens is 1. The van der Waals surface area contributed by atoms with Crippen molar-refractivity contribution >= 4 is 11.8 Å². The van der Waals surface area contributed by atoms with Gasteiger partial charge in [-0.1, -0.05) is 32.1 Å². The minimum atomic E-state index is -0.129. The molecule has 4 rings (SSSR count). The lowest BCUT2D eigenvalue weighted by molar-refractivity contribution is -0.127. The summed E-state index contributed by atoms with van der Waals surface area (Å²) < 4.78 is 0. The summed E-state index contributed by atoms with van der Waals surface area (Å²) in [7, 11) is 0. The zero-order valence-corrected chi connectivity index (χ0v) is 17.5. The number of amides is 2. The van der Waals surface area contributed by atoms with Crippen LogP contribution in [0.4, 0.5) is 0 Å². The van der Waals surface area contributed by atoms with Crippen molar-refractivity contribution in [3.05, 3.63) is 36.3 Å². The normalized spacial score (nSPS) is 20.9. The molecule has 1 atom stereocenters. The molecule has 0 spiro atoms.